The predicted molar refractivity (Wildman–Crippen MR) is 99.4 cm³/mol. The Morgan fingerprint density at radius 2 is 2.44 bits per heavy atom. The van der Waals surface area contributed by atoms with Crippen LogP contribution in [-0.2, 0) is 16.1 Å². The van der Waals surface area contributed by atoms with Gasteiger partial charge in [-0.3, -0.25) is 9.79 Å². The Bertz CT molecular complexity index is 767. The first-order valence-electron chi connectivity index (χ1n) is 8.47. The number of hydrogen-bond donors (Lipinski definition) is 1. The third kappa shape index (κ3) is 4.14. The fraction of sp³-hybridized carbons (Fsp3) is 0.500. The van der Waals surface area contributed by atoms with E-state index >= 15 is 0 Å². The molecule has 0 spiro atoms. The van der Waals surface area contributed by atoms with E-state index in [4.69, 9.17) is 4.74 Å². The van der Waals surface area contributed by atoms with Crippen LogP contribution in [-0.4, -0.2) is 40.7 Å². The Hall–Kier alpha value is -2.04. The summed E-state index contributed by atoms with van der Waals surface area (Å²) in [5.74, 6) is 0.464. The molecule has 25 heavy (non-hydrogen) atoms. The van der Waals surface area contributed by atoms with Crippen LogP contribution in [0, 0.1) is 25.2 Å². The van der Waals surface area contributed by atoms with Gasteiger partial charge in [0.15, 0.2) is 5.17 Å². The minimum atomic E-state index is -0.403. The molecule has 2 aliphatic rings. The number of ether oxygens (including phenoxy) is 1. The van der Waals surface area contributed by atoms with E-state index in [1.807, 2.05) is 26.0 Å². The first-order valence-corrected chi connectivity index (χ1v) is 9.45. The summed E-state index contributed by atoms with van der Waals surface area (Å²) in [5, 5.41) is 12.7. The predicted octanol–water partition coefficient (Wildman–Crippen LogP) is 2.41. The van der Waals surface area contributed by atoms with Gasteiger partial charge in [-0.05, 0) is 44.4 Å². The average molecular weight is 358 g/mol. The summed E-state index contributed by atoms with van der Waals surface area (Å²) in [6.45, 7) is 6.40. The number of nitrogens with one attached hydrogen (secondary N) is 1. The Labute approximate surface area is 151 Å². The summed E-state index contributed by atoms with van der Waals surface area (Å²) in [4.78, 5) is 16.5. The highest BCUT2D eigenvalue weighted by molar-refractivity contribution is 8.14. The first kappa shape index (κ1) is 17.8. The van der Waals surface area contributed by atoms with Gasteiger partial charge < -0.3 is 14.6 Å². The van der Waals surface area contributed by atoms with Gasteiger partial charge in [0.1, 0.15) is 11.6 Å². The van der Waals surface area contributed by atoms with E-state index in [1.165, 1.54) is 11.8 Å². The number of amides is 1. The van der Waals surface area contributed by atoms with Crippen molar-refractivity contribution in [3.05, 3.63) is 28.6 Å². The van der Waals surface area contributed by atoms with Crippen LogP contribution in [0.3, 0.4) is 0 Å². The summed E-state index contributed by atoms with van der Waals surface area (Å²) in [6, 6.07) is 4.01. The molecule has 0 radical (unpaired) electrons. The van der Waals surface area contributed by atoms with E-state index in [0.717, 1.165) is 48.7 Å². The molecule has 1 aromatic rings. The zero-order chi connectivity index (χ0) is 17.8. The van der Waals surface area contributed by atoms with Gasteiger partial charge in [0.25, 0.3) is 5.91 Å². The standard InChI is InChI=1S/C18H22N4O2S/c1-12-8-14(13(2)22(12)11-16-4-3-6-24-16)9-15(10-19)17(23)21-18-20-5-7-25-18/h8-9,16H,3-7,11H2,1-2H3,(H,20,21,23)/b15-9+/t16-/m1/s1. The number of amidine groups is 1. The van der Waals surface area contributed by atoms with Gasteiger partial charge in [0, 0.05) is 30.3 Å². The molecule has 0 bridgehead atoms. The molecule has 7 heteroatoms. The van der Waals surface area contributed by atoms with Crippen LogP contribution in [0.5, 0.6) is 0 Å². The van der Waals surface area contributed by atoms with Crippen molar-refractivity contribution in [1.82, 2.24) is 9.88 Å². The molecule has 0 unspecified atom stereocenters. The van der Waals surface area contributed by atoms with E-state index in [9.17, 15) is 10.1 Å². The highest BCUT2D eigenvalue weighted by Gasteiger charge is 2.20. The second kappa shape index (κ2) is 7.89. The lowest BCUT2D eigenvalue weighted by Gasteiger charge is -2.14. The number of hydrogen-bond acceptors (Lipinski definition) is 5. The topological polar surface area (TPSA) is 79.4 Å². The largest absolute Gasteiger partial charge is 0.376 e. The van der Waals surface area contributed by atoms with Gasteiger partial charge in [0.05, 0.1) is 12.6 Å². The summed E-state index contributed by atoms with van der Waals surface area (Å²) < 4.78 is 7.92. The SMILES string of the molecule is Cc1cc(/C=C(\C#N)C(=O)NC2=NCCS2)c(C)n1C[C@H]1CCCO1. The Balaban J connectivity index is 1.78. The molecule has 0 aromatic carbocycles. The molecule has 1 N–H and O–H groups in total. The van der Waals surface area contributed by atoms with Crippen LogP contribution in [0.25, 0.3) is 6.08 Å². The van der Waals surface area contributed by atoms with Crippen molar-refractivity contribution in [3.63, 3.8) is 0 Å². The zero-order valence-corrected chi connectivity index (χ0v) is 15.4. The highest BCUT2D eigenvalue weighted by atomic mass is 32.2. The van der Waals surface area contributed by atoms with Gasteiger partial charge in [-0.25, -0.2) is 0 Å². The fourth-order valence-electron chi connectivity index (χ4n) is 3.13. The van der Waals surface area contributed by atoms with Crippen LogP contribution in [0.4, 0.5) is 0 Å². The maximum Gasteiger partial charge on any atom is 0.267 e. The smallest absolute Gasteiger partial charge is 0.267 e. The highest BCUT2D eigenvalue weighted by Crippen LogP contribution is 2.22. The van der Waals surface area contributed by atoms with Crippen molar-refractivity contribution in [1.29, 1.82) is 5.26 Å². The van der Waals surface area contributed by atoms with Crippen molar-refractivity contribution < 1.29 is 9.53 Å². The van der Waals surface area contributed by atoms with E-state index in [-0.39, 0.29) is 11.7 Å². The molecule has 1 aromatic heterocycles. The third-order valence-corrected chi connectivity index (χ3v) is 5.39. The second-order valence-corrected chi connectivity index (χ2v) is 7.32. The molecule has 2 aliphatic heterocycles. The quantitative estimate of drug-likeness (QED) is 0.662. The number of rotatable bonds is 4. The molecule has 0 aliphatic carbocycles. The molecule has 6 nitrogen and oxygen atoms in total. The molecular formula is C18H22N4O2S. The van der Waals surface area contributed by atoms with Crippen molar-refractivity contribution in [2.24, 2.45) is 4.99 Å². The molecular weight excluding hydrogens is 336 g/mol. The van der Waals surface area contributed by atoms with Crippen molar-refractivity contribution >= 4 is 28.9 Å². The lowest BCUT2D eigenvalue weighted by atomic mass is 10.1. The van der Waals surface area contributed by atoms with Gasteiger partial charge in [-0.1, -0.05) is 11.8 Å². The summed E-state index contributed by atoms with van der Waals surface area (Å²) in [7, 11) is 0. The van der Waals surface area contributed by atoms with E-state index in [0.29, 0.717) is 11.7 Å². The van der Waals surface area contributed by atoms with Gasteiger partial charge in [-0.15, -0.1) is 0 Å². The number of carbonyl (C=O) groups excluding carboxylic acids is 1. The normalized spacial score (nSPS) is 20.4. The maximum absolute atomic E-state index is 12.3. The van der Waals surface area contributed by atoms with Gasteiger partial charge in [0.2, 0.25) is 0 Å². The molecule has 1 amide bonds. The minimum absolute atomic E-state index is 0.0903. The van der Waals surface area contributed by atoms with E-state index < -0.39 is 5.91 Å². The number of nitrogens with zero attached hydrogens (tertiary/aromatic N) is 3. The minimum Gasteiger partial charge on any atom is -0.376 e. The van der Waals surface area contributed by atoms with Crippen LogP contribution in [0.2, 0.25) is 0 Å². The average Bonchev–Trinajstić information content (AvgIpc) is 3.32. The number of aromatic nitrogens is 1. The molecule has 3 heterocycles. The second-order valence-electron chi connectivity index (χ2n) is 6.23. The molecule has 1 fully saturated rings. The van der Waals surface area contributed by atoms with Crippen LogP contribution in [0.15, 0.2) is 16.6 Å². The molecule has 0 saturated carbocycles. The number of aliphatic imine (C=N–C) groups is 1. The number of nitriles is 1. The lowest BCUT2D eigenvalue weighted by Crippen LogP contribution is -2.28. The molecule has 1 atom stereocenters. The monoisotopic (exact) mass is 358 g/mol. The lowest BCUT2D eigenvalue weighted by molar-refractivity contribution is -0.115. The summed E-state index contributed by atoms with van der Waals surface area (Å²) >= 11 is 1.50. The zero-order valence-electron chi connectivity index (χ0n) is 14.5. The van der Waals surface area contributed by atoms with Crippen LogP contribution in [0.1, 0.15) is 29.8 Å². The van der Waals surface area contributed by atoms with Crippen LogP contribution < -0.4 is 5.32 Å². The van der Waals surface area contributed by atoms with Crippen LogP contribution >= 0.6 is 11.8 Å². The third-order valence-electron chi connectivity index (χ3n) is 4.49. The number of aryl methyl sites for hydroxylation is 1. The first-order chi connectivity index (χ1) is 12.1. The fourth-order valence-corrected chi connectivity index (χ4v) is 3.85. The summed E-state index contributed by atoms with van der Waals surface area (Å²) in [5.41, 5.74) is 3.13. The number of thioether (sulfide) groups is 1. The van der Waals surface area contributed by atoms with Gasteiger partial charge in [-0.2, -0.15) is 5.26 Å². The Kier molecular flexibility index (Phi) is 5.61. The Morgan fingerprint density at radius 1 is 1.60 bits per heavy atom. The maximum atomic E-state index is 12.3. The molecule has 3 rings (SSSR count). The Morgan fingerprint density at radius 3 is 3.08 bits per heavy atom. The summed E-state index contributed by atoms with van der Waals surface area (Å²) in [6.07, 6.45) is 4.09. The molecule has 132 valence electrons. The van der Waals surface area contributed by atoms with E-state index in [2.05, 4.69) is 14.9 Å². The van der Waals surface area contributed by atoms with Crippen molar-refractivity contribution in [3.8, 4) is 6.07 Å². The molecule has 1 saturated heterocycles. The van der Waals surface area contributed by atoms with E-state index in [1.54, 1.807) is 6.08 Å². The van der Waals surface area contributed by atoms with Gasteiger partial charge >= 0.3 is 0 Å². The number of carbonyl (C=O) groups is 1. The van der Waals surface area contributed by atoms with Crippen molar-refractivity contribution in [2.45, 2.75) is 39.3 Å². The van der Waals surface area contributed by atoms with Crippen molar-refractivity contribution in [2.75, 3.05) is 18.9 Å².